The lowest BCUT2D eigenvalue weighted by atomic mass is 10.0. The van der Waals surface area contributed by atoms with Crippen molar-refractivity contribution in [1.29, 1.82) is 0 Å². The fourth-order valence-electron chi connectivity index (χ4n) is 2.03. The predicted molar refractivity (Wildman–Crippen MR) is 70.4 cm³/mol. The number of nitrogens with one attached hydrogen (secondary N) is 3. The zero-order valence-corrected chi connectivity index (χ0v) is 11.0. The molecule has 1 unspecified atom stereocenters. The van der Waals surface area contributed by atoms with Crippen LogP contribution in [-0.2, 0) is 11.3 Å². The van der Waals surface area contributed by atoms with E-state index in [2.05, 4.69) is 32.7 Å². The molecule has 1 aromatic rings. The van der Waals surface area contributed by atoms with Crippen LogP contribution in [0.5, 0.6) is 0 Å². The van der Waals surface area contributed by atoms with Crippen molar-refractivity contribution in [3.8, 4) is 0 Å². The van der Waals surface area contributed by atoms with E-state index in [1.165, 1.54) is 0 Å². The quantitative estimate of drug-likeness (QED) is 0.542. The molecule has 1 fully saturated rings. The lowest BCUT2D eigenvalue weighted by molar-refractivity contribution is 0.0243. The van der Waals surface area contributed by atoms with Gasteiger partial charge in [0.2, 0.25) is 0 Å². The summed E-state index contributed by atoms with van der Waals surface area (Å²) in [6.45, 7) is 4.44. The minimum atomic E-state index is -0.0639. The van der Waals surface area contributed by atoms with Gasteiger partial charge < -0.3 is 15.4 Å². The second kappa shape index (κ2) is 5.86. The van der Waals surface area contributed by atoms with Gasteiger partial charge in [0.15, 0.2) is 5.96 Å². The summed E-state index contributed by atoms with van der Waals surface area (Å²) in [5.74, 6) is 0.779. The van der Waals surface area contributed by atoms with Crippen LogP contribution < -0.4 is 10.6 Å². The average molecular weight is 251 g/mol. The van der Waals surface area contributed by atoms with E-state index in [0.717, 1.165) is 37.6 Å². The molecule has 0 aliphatic carbocycles. The van der Waals surface area contributed by atoms with E-state index >= 15 is 0 Å². The third-order valence-electron chi connectivity index (χ3n) is 3.16. The first-order valence-corrected chi connectivity index (χ1v) is 6.29. The maximum Gasteiger partial charge on any atom is 0.191 e. The molecule has 0 aromatic carbocycles. The fraction of sp³-hybridized carbons (Fsp3) is 0.667. The SMILES string of the molecule is CN=C(NCc1ccn[nH]1)NCC1(C)CCCO1. The lowest BCUT2D eigenvalue weighted by Gasteiger charge is -2.24. The van der Waals surface area contributed by atoms with E-state index in [0.29, 0.717) is 6.54 Å². The van der Waals surface area contributed by atoms with Crippen molar-refractivity contribution in [1.82, 2.24) is 20.8 Å². The van der Waals surface area contributed by atoms with Crippen LogP contribution in [0.15, 0.2) is 17.3 Å². The first-order chi connectivity index (χ1) is 8.72. The zero-order valence-electron chi connectivity index (χ0n) is 11.0. The molecule has 100 valence electrons. The molecule has 0 bridgehead atoms. The van der Waals surface area contributed by atoms with Crippen LogP contribution >= 0.6 is 0 Å². The normalized spacial score (nSPS) is 24.2. The molecule has 1 aromatic heterocycles. The maximum atomic E-state index is 5.72. The summed E-state index contributed by atoms with van der Waals surface area (Å²) >= 11 is 0. The van der Waals surface area contributed by atoms with Crippen LogP contribution in [0.25, 0.3) is 0 Å². The largest absolute Gasteiger partial charge is 0.373 e. The Morgan fingerprint density at radius 1 is 1.61 bits per heavy atom. The van der Waals surface area contributed by atoms with Gasteiger partial charge in [-0.1, -0.05) is 0 Å². The molecule has 0 saturated carbocycles. The van der Waals surface area contributed by atoms with E-state index in [9.17, 15) is 0 Å². The highest BCUT2D eigenvalue weighted by atomic mass is 16.5. The summed E-state index contributed by atoms with van der Waals surface area (Å²) < 4.78 is 5.72. The molecule has 0 radical (unpaired) electrons. The van der Waals surface area contributed by atoms with E-state index in [-0.39, 0.29) is 5.60 Å². The van der Waals surface area contributed by atoms with E-state index in [1.54, 1.807) is 13.2 Å². The predicted octanol–water partition coefficient (Wildman–Crippen LogP) is 0.644. The standard InChI is InChI=1S/C12H21N5O/c1-12(5-3-7-18-12)9-15-11(13-2)14-8-10-4-6-16-17-10/h4,6H,3,5,7-9H2,1-2H3,(H,16,17)(H2,13,14,15). The molecule has 18 heavy (non-hydrogen) atoms. The van der Waals surface area contributed by atoms with Crippen LogP contribution in [0.1, 0.15) is 25.5 Å². The Bertz CT molecular complexity index is 381. The number of aromatic nitrogens is 2. The van der Waals surface area contributed by atoms with Gasteiger partial charge in [0.25, 0.3) is 0 Å². The summed E-state index contributed by atoms with van der Waals surface area (Å²) in [6.07, 6.45) is 3.97. The van der Waals surface area contributed by atoms with Gasteiger partial charge in [-0.2, -0.15) is 5.10 Å². The van der Waals surface area contributed by atoms with Crippen molar-refractivity contribution < 1.29 is 4.74 Å². The smallest absolute Gasteiger partial charge is 0.191 e. The summed E-state index contributed by atoms with van der Waals surface area (Å²) in [5, 5.41) is 13.3. The molecule has 6 nitrogen and oxygen atoms in total. The maximum absolute atomic E-state index is 5.72. The van der Waals surface area contributed by atoms with E-state index < -0.39 is 0 Å². The second-order valence-corrected chi connectivity index (χ2v) is 4.76. The summed E-state index contributed by atoms with van der Waals surface area (Å²) in [5.41, 5.74) is 0.965. The van der Waals surface area contributed by atoms with Crippen molar-refractivity contribution in [3.63, 3.8) is 0 Å². The average Bonchev–Trinajstić information content (AvgIpc) is 3.01. The molecular formula is C12H21N5O. The van der Waals surface area contributed by atoms with Gasteiger partial charge in [-0.15, -0.1) is 0 Å². The van der Waals surface area contributed by atoms with E-state index in [1.807, 2.05) is 6.07 Å². The topological polar surface area (TPSA) is 74.3 Å². The molecule has 3 N–H and O–H groups in total. The number of ether oxygens (including phenoxy) is 1. The molecule has 2 heterocycles. The highest BCUT2D eigenvalue weighted by Crippen LogP contribution is 2.23. The third-order valence-corrected chi connectivity index (χ3v) is 3.16. The Labute approximate surface area is 107 Å². The number of aliphatic imine (C=N–C) groups is 1. The van der Waals surface area contributed by atoms with Crippen molar-refractivity contribution in [2.75, 3.05) is 20.2 Å². The molecule has 1 aliphatic rings. The Morgan fingerprint density at radius 2 is 2.50 bits per heavy atom. The first-order valence-electron chi connectivity index (χ1n) is 6.29. The van der Waals surface area contributed by atoms with Crippen molar-refractivity contribution in [3.05, 3.63) is 18.0 Å². The lowest BCUT2D eigenvalue weighted by Crippen LogP contribution is -2.45. The summed E-state index contributed by atoms with van der Waals surface area (Å²) in [6, 6.07) is 1.93. The van der Waals surface area contributed by atoms with Gasteiger partial charge in [0.05, 0.1) is 17.8 Å². The van der Waals surface area contributed by atoms with Crippen molar-refractivity contribution in [2.24, 2.45) is 4.99 Å². The Kier molecular flexibility index (Phi) is 4.19. The monoisotopic (exact) mass is 251 g/mol. The number of hydrogen-bond acceptors (Lipinski definition) is 3. The third kappa shape index (κ3) is 3.46. The van der Waals surface area contributed by atoms with Crippen LogP contribution in [-0.4, -0.2) is 42.0 Å². The summed E-state index contributed by atoms with van der Waals surface area (Å²) in [4.78, 5) is 4.18. The molecule has 0 spiro atoms. The van der Waals surface area contributed by atoms with Gasteiger partial charge in [0.1, 0.15) is 0 Å². The Balaban J connectivity index is 1.75. The van der Waals surface area contributed by atoms with Crippen LogP contribution in [0, 0.1) is 0 Å². The van der Waals surface area contributed by atoms with Crippen LogP contribution in [0.3, 0.4) is 0 Å². The number of nitrogens with zero attached hydrogens (tertiary/aromatic N) is 2. The number of aromatic amines is 1. The Morgan fingerprint density at radius 3 is 3.11 bits per heavy atom. The molecule has 1 aliphatic heterocycles. The Hall–Kier alpha value is -1.56. The number of hydrogen-bond donors (Lipinski definition) is 3. The number of guanidine groups is 1. The molecular weight excluding hydrogens is 230 g/mol. The fourth-order valence-corrected chi connectivity index (χ4v) is 2.03. The first kappa shape index (κ1) is 12.9. The van der Waals surface area contributed by atoms with Gasteiger partial charge in [0, 0.05) is 26.4 Å². The van der Waals surface area contributed by atoms with Crippen molar-refractivity contribution in [2.45, 2.75) is 31.9 Å². The number of H-pyrrole nitrogens is 1. The molecule has 6 heteroatoms. The van der Waals surface area contributed by atoms with Crippen molar-refractivity contribution >= 4 is 5.96 Å². The molecule has 1 saturated heterocycles. The van der Waals surface area contributed by atoms with Crippen LogP contribution in [0.2, 0.25) is 0 Å². The van der Waals surface area contributed by atoms with E-state index in [4.69, 9.17) is 4.74 Å². The van der Waals surface area contributed by atoms with Gasteiger partial charge in [-0.3, -0.25) is 10.1 Å². The number of rotatable bonds is 4. The van der Waals surface area contributed by atoms with Gasteiger partial charge in [-0.05, 0) is 25.8 Å². The van der Waals surface area contributed by atoms with Crippen LogP contribution in [0.4, 0.5) is 0 Å². The zero-order chi connectivity index (χ0) is 12.8. The molecule has 0 amide bonds. The summed E-state index contributed by atoms with van der Waals surface area (Å²) in [7, 11) is 1.76. The highest BCUT2D eigenvalue weighted by Gasteiger charge is 2.29. The minimum absolute atomic E-state index is 0.0639. The molecule has 2 rings (SSSR count). The van der Waals surface area contributed by atoms with Gasteiger partial charge >= 0.3 is 0 Å². The highest BCUT2D eigenvalue weighted by molar-refractivity contribution is 5.79. The minimum Gasteiger partial charge on any atom is -0.373 e. The second-order valence-electron chi connectivity index (χ2n) is 4.76. The molecule has 1 atom stereocenters. The van der Waals surface area contributed by atoms with Gasteiger partial charge in [-0.25, -0.2) is 0 Å².